The maximum atomic E-state index is 12.5. The molecule has 4 nitrogen and oxygen atoms in total. The van der Waals surface area contributed by atoms with Gasteiger partial charge in [0, 0.05) is 17.3 Å². The molecular weight excluding hydrogens is 302 g/mol. The van der Waals surface area contributed by atoms with Gasteiger partial charge < -0.3 is 4.74 Å². The fourth-order valence-corrected chi connectivity index (χ4v) is 7.46. The second kappa shape index (κ2) is 4.30. The molecule has 1 heterocycles. The van der Waals surface area contributed by atoms with E-state index in [2.05, 4.69) is 19.9 Å². The molecule has 5 aliphatic rings. The van der Waals surface area contributed by atoms with Crippen molar-refractivity contribution in [1.82, 2.24) is 0 Å². The summed E-state index contributed by atoms with van der Waals surface area (Å²) >= 11 is 0. The van der Waals surface area contributed by atoms with Crippen LogP contribution in [0.3, 0.4) is 0 Å². The Morgan fingerprint density at radius 2 is 1.92 bits per heavy atom. The lowest BCUT2D eigenvalue weighted by Crippen LogP contribution is -2.59. The van der Waals surface area contributed by atoms with Crippen LogP contribution in [0.4, 0.5) is 0 Å². The first-order chi connectivity index (χ1) is 11.4. The number of nitrogens with zero attached hydrogens (tertiary/aromatic N) is 1. The zero-order valence-electron chi connectivity index (χ0n) is 14.5. The van der Waals surface area contributed by atoms with Crippen LogP contribution in [0.2, 0.25) is 0 Å². The molecule has 0 aromatic carbocycles. The minimum absolute atomic E-state index is 0.0186. The summed E-state index contributed by atoms with van der Waals surface area (Å²) in [6.45, 7) is 4.47. The minimum atomic E-state index is -0.507. The third-order valence-corrected chi connectivity index (χ3v) is 8.86. The highest BCUT2D eigenvalue weighted by Gasteiger charge is 2.78. The molecule has 0 unspecified atom stereocenters. The molecule has 8 atom stereocenters. The molecule has 0 amide bonds. The molecule has 0 aromatic rings. The lowest BCUT2D eigenvalue weighted by Gasteiger charge is -2.58. The third-order valence-electron chi connectivity index (χ3n) is 8.86. The summed E-state index contributed by atoms with van der Waals surface area (Å²) in [5, 5.41) is 9.45. The molecule has 128 valence electrons. The Bertz CT molecular complexity index is 695. The zero-order chi connectivity index (χ0) is 16.9. The SMILES string of the molecule is C[C@]12CC[C@H]3[C@@H](CC[C@@]45O[C@@H]4C(=O)[C@H](C#N)C[C@]35C)[C@@H]1CCC2=O. The first kappa shape index (κ1) is 15.1. The number of nitriles is 1. The molecule has 4 aliphatic carbocycles. The van der Waals surface area contributed by atoms with Gasteiger partial charge in [-0.25, -0.2) is 0 Å². The highest BCUT2D eigenvalue weighted by molar-refractivity contribution is 5.92. The van der Waals surface area contributed by atoms with Crippen LogP contribution in [0.1, 0.15) is 58.8 Å². The second-order valence-electron chi connectivity index (χ2n) is 9.43. The zero-order valence-corrected chi connectivity index (χ0v) is 14.5. The highest BCUT2D eigenvalue weighted by atomic mass is 16.6. The molecule has 1 saturated heterocycles. The smallest absolute Gasteiger partial charge is 0.181 e. The molecule has 0 aromatic heterocycles. The summed E-state index contributed by atoms with van der Waals surface area (Å²) in [4.78, 5) is 24.9. The van der Waals surface area contributed by atoms with Gasteiger partial charge in [0.1, 0.15) is 23.4 Å². The largest absolute Gasteiger partial charge is 0.357 e. The summed E-state index contributed by atoms with van der Waals surface area (Å²) in [5.41, 5.74) is -0.498. The van der Waals surface area contributed by atoms with Crippen LogP contribution in [-0.2, 0) is 14.3 Å². The Balaban J connectivity index is 1.54. The fourth-order valence-electron chi connectivity index (χ4n) is 7.46. The minimum Gasteiger partial charge on any atom is -0.357 e. The normalized spacial score (nSPS) is 58.1. The number of fused-ring (bicyclic) bond motifs is 4. The van der Waals surface area contributed by atoms with Crippen molar-refractivity contribution in [1.29, 1.82) is 5.26 Å². The van der Waals surface area contributed by atoms with Crippen molar-refractivity contribution in [3.8, 4) is 6.07 Å². The van der Waals surface area contributed by atoms with Crippen LogP contribution in [0.5, 0.6) is 0 Å². The number of hydrogen-bond donors (Lipinski definition) is 0. The van der Waals surface area contributed by atoms with Gasteiger partial charge in [-0.05, 0) is 56.3 Å². The van der Waals surface area contributed by atoms with Gasteiger partial charge in [0.05, 0.1) is 6.07 Å². The first-order valence-electron chi connectivity index (χ1n) is 9.52. The quantitative estimate of drug-likeness (QED) is 0.641. The fraction of sp³-hybridized carbons (Fsp3) is 0.850. The van der Waals surface area contributed by atoms with E-state index in [0.29, 0.717) is 30.0 Å². The van der Waals surface area contributed by atoms with Crippen molar-refractivity contribution in [2.24, 2.45) is 34.5 Å². The Hall–Kier alpha value is -1.21. The number of rotatable bonds is 0. The summed E-state index contributed by atoms with van der Waals surface area (Å²) in [6.07, 6.45) is 6.12. The Morgan fingerprint density at radius 3 is 2.67 bits per heavy atom. The van der Waals surface area contributed by atoms with Crippen LogP contribution < -0.4 is 0 Å². The number of carbonyl (C=O) groups excluding carboxylic acids is 2. The van der Waals surface area contributed by atoms with Gasteiger partial charge in [-0.1, -0.05) is 13.8 Å². The van der Waals surface area contributed by atoms with Gasteiger partial charge in [-0.15, -0.1) is 0 Å². The van der Waals surface area contributed by atoms with Crippen molar-refractivity contribution >= 4 is 11.6 Å². The van der Waals surface area contributed by atoms with Crippen LogP contribution >= 0.6 is 0 Å². The summed E-state index contributed by atoms with van der Waals surface area (Å²) in [6, 6.07) is 2.24. The van der Waals surface area contributed by atoms with Crippen LogP contribution in [0.25, 0.3) is 0 Å². The number of hydrogen-bond acceptors (Lipinski definition) is 4. The van der Waals surface area contributed by atoms with E-state index in [9.17, 15) is 14.9 Å². The van der Waals surface area contributed by atoms with E-state index in [1.165, 1.54) is 0 Å². The van der Waals surface area contributed by atoms with E-state index in [0.717, 1.165) is 38.5 Å². The molecular formula is C20H25NO3. The summed E-state index contributed by atoms with van der Waals surface area (Å²) in [7, 11) is 0. The lowest BCUT2D eigenvalue weighted by molar-refractivity contribution is -0.142. The summed E-state index contributed by atoms with van der Waals surface area (Å²) in [5.74, 6) is 1.52. The number of carbonyl (C=O) groups is 2. The monoisotopic (exact) mass is 327 g/mol. The molecule has 5 fully saturated rings. The predicted molar refractivity (Wildman–Crippen MR) is 85.7 cm³/mol. The molecule has 4 saturated carbocycles. The molecule has 0 bridgehead atoms. The van der Waals surface area contributed by atoms with Crippen molar-refractivity contribution in [3.05, 3.63) is 0 Å². The van der Waals surface area contributed by atoms with E-state index >= 15 is 0 Å². The van der Waals surface area contributed by atoms with E-state index in [1.807, 2.05) is 0 Å². The van der Waals surface area contributed by atoms with E-state index < -0.39 is 5.92 Å². The van der Waals surface area contributed by atoms with E-state index in [-0.39, 0.29) is 28.3 Å². The topological polar surface area (TPSA) is 70.5 Å². The van der Waals surface area contributed by atoms with E-state index in [4.69, 9.17) is 4.74 Å². The molecule has 5 rings (SSSR count). The van der Waals surface area contributed by atoms with Crippen LogP contribution in [-0.4, -0.2) is 23.3 Å². The number of Topliss-reactive ketones (excluding diaryl/α,β-unsaturated/α-hetero) is 2. The predicted octanol–water partition coefficient (Wildman–Crippen LogP) is 3.05. The Labute approximate surface area is 142 Å². The van der Waals surface area contributed by atoms with Gasteiger partial charge in [-0.3, -0.25) is 9.59 Å². The average molecular weight is 327 g/mol. The highest BCUT2D eigenvalue weighted by Crippen LogP contribution is 2.72. The van der Waals surface area contributed by atoms with Gasteiger partial charge in [0.15, 0.2) is 5.78 Å². The molecule has 0 radical (unpaired) electrons. The molecule has 4 heteroatoms. The molecule has 24 heavy (non-hydrogen) atoms. The number of ether oxygens (including phenoxy) is 1. The maximum absolute atomic E-state index is 12.5. The molecule has 1 spiro atoms. The molecule has 1 aliphatic heterocycles. The van der Waals surface area contributed by atoms with Crippen molar-refractivity contribution in [2.75, 3.05) is 0 Å². The first-order valence-corrected chi connectivity index (χ1v) is 9.52. The Morgan fingerprint density at radius 1 is 1.12 bits per heavy atom. The standard InChI is InChI=1S/C20H25NO3/c1-18-7-6-14-12(13(18)3-4-15(18)22)5-8-20-17(24-20)16(23)11(10-21)9-19(14,20)2/h11-14,17H,3-9H2,1-2H3/t11-,12-,13-,14-,17+,18-,19+,20+/m0/s1. The van der Waals surface area contributed by atoms with Crippen LogP contribution in [0.15, 0.2) is 0 Å². The van der Waals surface area contributed by atoms with Crippen molar-refractivity contribution in [2.45, 2.75) is 70.5 Å². The van der Waals surface area contributed by atoms with E-state index in [1.54, 1.807) is 0 Å². The molecule has 0 N–H and O–H groups in total. The van der Waals surface area contributed by atoms with Gasteiger partial charge in [0.2, 0.25) is 0 Å². The lowest BCUT2D eigenvalue weighted by atomic mass is 9.44. The maximum Gasteiger partial charge on any atom is 0.181 e. The second-order valence-corrected chi connectivity index (χ2v) is 9.43. The summed E-state index contributed by atoms with van der Waals surface area (Å²) < 4.78 is 6.06. The van der Waals surface area contributed by atoms with Crippen molar-refractivity contribution in [3.63, 3.8) is 0 Å². The number of ketones is 2. The van der Waals surface area contributed by atoms with Gasteiger partial charge in [0.25, 0.3) is 0 Å². The van der Waals surface area contributed by atoms with Gasteiger partial charge >= 0.3 is 0 Å². The van der Waals surface area contributed by atoms with Crippen molar-refractivity contribution < 1.29 is 14.3 Å². The van der Waals surface area contributed by atoms with Crippen LogP contribution in [0, 0.1) is 45.8 Å². The number of epoxide rings is 1. The average Bonchev–Trinajstić information content (AvgIpc) is 3.23. The Kier molecular flexibility index (Phi) is 2.70. The van der Waals surface area contributed by atoms with Gasteiger partial charge in [-0.2, -0.15) is 5.26 Å². The third kappa shape index (κ3) is 1.46.